The molecule has 0 amide bonds. The molecule has 2 bridgehead atoms. The van der Waals surface area contributed by atoms with Gasteiger partial charge in [-0.2, -0.15) is 0 Å². The summed E-state index contributed by atoms with van der Waals surface area (Å²) in [5, 5.41) is 12.8. The largest absolute Gasteiger partial charge is 0.480 e. The number of hydrogen-bond donors (Lipinski definition) is 2. The zero-order valence-electron chi connectivity index (χ0n) is 11.4. The van der Waals surface area contributed by atoms with Crippen molar-refractivity contribution in [3.8, 4) is 0 Å². The van der Waals surface area contributed by atoms with Crippen molar-refractivity contribution in [3.63, 3.8) is 0 Å². The number of nitrogens with one attached hydrogen (secondary N) is 1. The van der Waals surface area contributed by atoms with Crippen LogP contribution in [-0.4, -0.2) is 23.2 Å². The summed E-state index contributed by atoms with van der Waals surface area (Å²) in [5.41, 5.74) is 0. The lowest BCUT2D eigenvalue weighted by Crippen LogP contribution is -2.50. The van der Waals surface area contributed by atoms with E-state index in [1.54, 1.807) is 0 Å². The lowest BCUT2D eigenvalue weighted by atomic mass is 9.78. The van der Waals surface area contributed by atoms with Gasteiger partial charge in [-0.1, -0.05) is 20.3 Å². The number of carbonyl (C=O) groups is 1. The quantitative estimate of drug-likeness (QED) is 0.807. The van der Waals surface area contributed by atoms with E-state index in [0.29, 0.717) is 6.04 Å². The van der Waals surface area contributed by atoms with Crippen LogP contribution in [0.1, 0.15) is 46.0 Å². The van der Waals surface area contributed by atoms with E-state index >= 15 is 0 Å². The summed E-state index contributed by atoms with van der Waals surface area (Å²) in [4.78, 5) is 11.3. The summed E-state index contributed by atoms with van der Waals surface area (Å²) in [7, 11) is 0. The molecule has 3 aliphatic carbocycles. The Labute approximate surface area is 109 Å². The summed E-state index contributed by atoms with van der Waals surface area (Å²) < 4.78 is 0. The van der Waals surface area contributed by atoms with E-state index in [4.69, 9.17) is 0 Å². The lowest BCUT2D eigenvalue weighted by molar-refractivity contribution is -0.141. The molecule has 102 valence electrons. The second kappa shape index (κ2) is 4.52. The average molecular weight is 251 g/mol. The summed E-state index contributed by atoms with van der Waals surface area (Å²) in [6.07, 6.45) is 6.82. The second-order valence-corrected chi connectivity index (χ2v) is 6.99. The first-order chi connectivity index (χ1) is 8.58. The molecular weight excluding hydrogens is 226 g/mol. The van der Waals surface area contributed by atoms with E-state index < -0.39 is 5.97 Å². The van der Waals surface area contributed by atoms with Crippen LogP contribution in [0.15, 0.2) is 0 Å². The molecule has 3 saturated carbocycles. The third-order valence-corrected chi connectivity index (χ3v) is 5.76. The van der Waals surface area contributed by atoms with Crippen LogP contribution in [0.25, 0.3) is 0 Å². The Morgan fingerprint density at radius 3 is 2.56 bits per heavy atom. The Balaban J connectivity index is 1.67. The molecule has 0 aliphatic heterocycles. The van der Waals surface area contributed by atoms with Crippen molar-refractivity contribution < 1.29 is 9.90 Å². The van der Waals surface area contributed by atoms with Crippen LogP contribution in [0.3, 0.4) is 0 Å². The first-order valence-electron chi connectivity index (χ1n) is 7.56. The SMILES string of the molecule is CC(C)C(NC1CC2CC1C1CCCC21)C(=O)O. The zero-order valence-corrected chi connectivity index (χ0v) is 11.4. The normalized spacial score (nSPS) is 43.4. The van der Waals surface area contributed by atoms with Gasteiger partial charge in [0.2, 0.25) is 0 Å². The van der Waals surface area contributed by atoms with Gasteiger partial charge in [-0.15, -0.1) is 0 Å². The standard InChI is InChI=1S/C15H25NO2/c1-8(2)14(15(17)18)16-13-7-9-6-12(13)11-5-3-4-10(9)11/h8-14,16H,3-7H2,1-2H3,(H,17,18). The second-order valence-electron chi connectivity index (χ2n) is 6.99. The van der Waals surface area contributed by atoms with E-state index in [9.17, 15) is 9.90 Å². The highest BCUT2D eigenvalue weighted by Gasteiger charge is 2.54. The highest BCUT2D eigenvalue weighted by atomic mass is 16.4. The first kappa shape index (κ1) is 12.5. The number of hydrogen-bond acceptors (Lipinski definition) is 2. The number of aliphatic carboxylic acids is 1. The minimum absolute atomic E-state index is 0.168. The van der Waals surface area contributed by atoms with Crippen LogP contribution in [0, 0.1) is 29.6 Å². The highest BCUT2D eigenvalue weighted by molar-refractivity contribution is 5.73. The van der Waals surface area contributed by atoms with Crippen LogP contribution in [0.4, 0.5) is 0 Å². The molecular formula is C15H25NO2. The van der Waals surface area contributed by atoms with Gasteiger partial charge in [-0.25, -0.2) is 0 Å². The van der Waals surface area contributed by atoms with Crippen molar-refractivity contribution in [2.24, 2.45) is 29.6 Å². The molecule has 0 aromatic carbocycles. The minimum atomic E-state index is -0.684. The summed E-state index contributed by atoms with van der Waals surface area (Å²) >= 11 is 0. The van der Waals surface area contributed by atoms with Crippen molar-refractivity contribution in [1.29, 1.82) is 0 Å². The smallest absolute Gasteiger partial charge is 0.320 e. The van der Waals surface area contributed by atoms with Crippen LogP contribution in [0.2, 0.25) is 0 Å². The van der Waals surface area contributed by atoms with Crippen LogP contribution in [0.5, 0.6) is 0 Å². The predicted molar refractivity (Wildman–Crippen MR) is 70.2 cm³/mol. The molecule has 0 aromatic heterocycles. The van der Waals surface area contributed by atoms with Crippen LogP contribution in [-0.2, 0) is 4.79 Å². The molecule has 18 heavy (non-hydrogen) atoms. The van der Waals surface area contributed by atoms with Crippen molar-refractivity contribution >= 4 is 5.97 Å². The topological polar surface area (TPSA) is 49.3 Å². The minimum Gasteiger partial charge on any atom is -0.480 e. The maximum Gasteiger partial charge on any atom is 0.320 e. The molecule has 0 radical (unpaired) electrons. The summed E-state index contributed by atoms with van der Waals surface area (Å²) in [6.45, 7) is 3.99. The van der Waals surface area contributed by atoms with Crippen molar-refractivity contribution in [1.82, 2.24) is 5.32 Å². The number of carboxylic acid groups (broad SMARTS) is 1. The third kappa shape index (κ3) is 1.87. The summed E-state index contributed by atoms with van der Waals surface area (Å²) in [5.74, 6) is 3.03. The molecule has 3 fully saturated rings. The number of fused-ring (bicyclic) bond motifs is 5. The van der Waals surface area contributed by atoms with Gasteiger partial charge in [0, 0.05) is 6.04 Å². The Morgan fingerprint density at radius 2 is 1.89 bits per heavy atom. The Bertz CT molecular complexity index is 341. The molecule has 0 saturated heterocycles. The maximum atomic E-state index is 11.3. The lowest BCUT2D eigenvalue weighted by Gasteiger charge is -2.34. The van der Waals surface area contributed by atoms with Gasteiger partial charge in [-0.05, 0) is 55.3 Å². The molecule has 0 heterocycles. The van der Waals surface area contributed by atoms with E-state index in [0.717, 1.165) is 23.7 Å². The van der Waals surface area contributed by atoms with Gasteiger partial charge in [0.1, 0.15) is 6.04 Å². The van der Waals surface area contributed by atoms with Crippen molar-refractivity contribution in [3.05, 3.63) is 0 Å². The Hall–Kier alpha value is -0.570. The average Bonchev–Trinajstić information content (AvgIpc) is 2.96. The molecule has 3 rings (SSSR count). The van der Waals surface area contributed by atoms with E-state index in [1.165, 1.54) is 32.1 Å². The van der Waals surface area contributed by atoms with Crippen molar-refractivity contribution in [2.45, 2.75) is 58.0 Å². The van der Waals surface area contributed by atoms with Crippen LogP contribution < -0.4 is 5.32 Å². The fraction of sp³-hybridized carbons (Fsp3) is 0.933. The molecule has 0 spiro atoms. The molecule has 3 aliphatic rings. The highest BCUT2D eigenvalue weighted by Crippen LogP contribution is 2.58. The molecule has 6 unspecified atom stereocenters. The van der Waals surface area contributed by atoms with Gasteiger partial charge >= 0.3 is 5.97 Å². The van der Waals surface area contributed by atoms with Gasteiger partial charge in [0.05, 0.1) is 0 Å². The maximum absolute atomic E-state index is 11.3. The van der Waals surface area contributed by atoms with Crippen molar-refractivity contribution in [2.75, 3.05) is 0 Å². The Kier molecular flexibility index (Phi) is 3.13. The van der Waals surface area contributed by atoms with Gasteiger partial charge < -0.3 is 10.4 Å². The molecule has 3 heteroatoms. The van der Waals surface area contributed by atoms with Gasteiger partial charge in [0.25, 0.3) is 0 Å². The predicted octanol–water partition coefficient (Wildman–Crippen LogP) is 2.51. The zero-order chi connectivity index (χ0) is 12.9. The van der Waals surface area contributed by atoms with Gasteiger partial charge in [-0.3, -0.25) is 4.79 Å². The fourth-order valence-corrected chi connectivity index (χ4v) is 5.04. The monoisotopic (exact) mass is 251 g/mol. The third-order valence-electron chi connectivity index (χ3n) is 5.76. The van der Waals surface area contributed by atoms with E-state index in [1.807, 2.05) is 13.8 Å². The first-order valence-corrected chi connectivity index (χ1v) is 7.56. The van der Waals surface area contributed by atoms with Gasteiger partial charge in [0.15, 0.2) is 0 Å². The Morgan fingerprint density at radius 1 is 1.17 bits per heavy atom. The van der Waals surface area contributed by atoms with E-state index in [2.05, 4.69) is 5.32 Å². The molecule has 2 N–H and O–H groups in total. The number of rotatable bonds is 4. The number of carboxylic acids is 1. The molecule has 0 aromatic rings. The van der Waals surface area contributed by atoms with E-state index in [-0.39, 0.29) is 12.0 Å². The fourth-order valence-electron chi connectivity index (χ4n) is 5.04. The molecule has 6 atom stereocenters. The summed E-state index contributed by atoms with van der Waals surface area (Å²) in [6, 6.07) is 0.104. The van der Waals surface area contributed by atoms with Crippen LogP contribution >= 0.6 is 0 Å². The molecule has 3 nitrogen and oxygen atoms in total.